The fourth-order valence-corrected chi connectivity index (χ4v) is 3.78. The molecule has 1 heterocycles. The highest BCUT2D eigenvalue weighted by atomic mass is 35.5. The van der Waals surface area contributed by atoms with Crippen LogP contribution in [-0.2, 0) is 9.59 Å². The molecule has 3 aromatic carbocycles. The Morgan fingerprint density at radius 3 is 2.09 bits per heavy atom. The number of anilines is 3. The summed E-state index contributed by atoms with van der Waals surface area (Å²) in [6, 6.07) is 15.8. The van der Waals surface area contributed by atoms with Crippen molar-refractivity contribution < 1.29 is 18.8 Å². The highest BCUT2D eigenvalue weighted by Crippen LogP contribution is 2.35. The van der Waals surface area contributed by atoms with E-state index >= 15 is 0 Å². The van der Waals surface area contributed by atoms with Crippen LogP contribution in [0, 0.1) is 5.82 Å². The van der Waals surface area contributed by atoms with Gasteiger partial charge < -0.3 is 10.6 Å². The molecule has 0 radical (unpaired) electrons. The van der Waals surface area contributed by atoms with Crippen LogP contribution in [0.3, 0.4) is 0 Å². The van der Waals surface area contributed by atoms with Crippen LogP contribution in [0.25, 0.3) is 0 Å². The molecule has 0 bridgehead atoms. The quantitative estimate of drug-likeness (QED) is 0.429. The van der Waals surface area contributed by atoms with E-state index in [2.05, 4.69) is 10.6 Å². The highest BCUT2D eigenvalue weighted by Gasteiger charge is 2.39. The molecule has 0 unspecified atom stereocenters. The lowest BCUT2D eigenvalue weighted by molar-refractivity contribution is -0.120. The van der Waals surface area contributed by atoms with Gasteiger partial charge in [-0.2, -0.15) is 0 Å². The molecule has 33 heavy (non-hydrogen) atoms. The van der Waals surface area contributed by atoms with E-state index < -0.39 is 23.5 Å². The number of carbonyl (C=O) groups excluding carboxylic acids is 3. The Morgan fingerprint density at radius 1 is 0.818 bits per heavy atom. The zero-order chi connectivity index (χ0) is 23.7. The molecule has 10 heteroatoms. The van der Waals surface area contributed by atoms with Crippen LogP contribution in [0.1, 0.15) is 10.4 Å². The molecular formula is C23H13Cl3FN3O3. The average Bonchev–Trinajstić information content (AvgIpc) is 2.99. The second-order valence-electron chi connectivity index (χ2n) is 6.89. The maximum atomic E-state index is 13.0. The molecule has 3 amide bonds. The summed E-state index contributed by atoms with van der Waals surface area (Å²) in [6.45, 7) is 0. The number of benzene rings is 3. The Hall–Kier alpha value is -3.39. The zero-order valence-electron chi connectivity index (χ0n) is 16.5. The van der Waals surface area contributed by atoms with Crippen LogP contribution < -0.4 is 15.5 Å². The molecule has 6 nitrogen and oxygen atoms in total. The lowest BCUT2D eigenvalue weighted by atomic mass is 10.2. The smallest absolute Gasteiger partial charge is 0.283 e. The number of imide groups is 1. The Morgan fingerprint density at radius 2 is 1.45 bits per heavy atom. The van der Waals surface area contributed by atoms with Crippen molar-refractivity contribution in [2.45, 2.75) is 0 Å². The Balaban J connectivity index is 1.49. The molecule has 1 aliphatic rings. The SMILES string of the molecule is O=C(Nc1ccc(F)cc1)c1ccc(NC2=C(Cl)C(=O)N(c3ccc(Cl)cc3Cl)C2=O)cc1. The topological polar surface area (TPSA) is 78.5 Å². The van der Waals surface area contributed by atoms with Gasteiger partial charge in [0, 0.05) is 22.0 Å². The summed E-state index contributed by atoms with van der Waals surface area (Å²) in [4.78, 5) is 38.7. The van der Waals surface area contributed by atoms with Gasteiger partial charge in [-0.1, -0.05) is 34.8 Å². The first-order valence-electron chi connectivity index (χ1n) is 9.42. The second-order valence-corrected chi connectivity index (χ2v) is 8.12. The molecular weight excluding hydrogens is 492 g/mol. The molecule has 2 N–H and O–H groups in total. The van der Waals surface area contributed by atoms with Gasteiger partial charge in [-0.3, -0.25) is 14.4 Å². The van der Waals surface area contributed by atoms with E-state index in [0.29, 0.717) is 22.0 Å². The predicted octanol–water partition coefficient (Wildman–Crippen LogP) is 5.82. The molecule has 166 valence electrons. The van der Waals surface area contributed by atoms with E-state index in [4.69, 9.17) is 34.8 Å². The number of rotatable bonds is 5. The van der Waals surface area contributed by atoms with E-state index in [-0.39, 0.29) is 21.4 Å². The van der Waals surface area contributed by atoms with Crippen LogP contribution in [0.4, 0.5) is 21.5 Å². The summed E-state index contributed by atoms with van der Waals surface area (Å²) in [7, 11) is 0. The van der Waals surface area contributed by atoms with E-state index in [9.17, 15) is 18.8 Å². The molecule has 0 aromatic heterocycles. The minimum absolute atomic E-state index is 0.117. The van der Waals surface area contributed by atoms with Crippen molar-refractivity contribution in [2.24, 2.45) is 0 Å². The van der Waals surface area contributed by atoms with Gasteiger partial charge in [-0.05, 0) is 66.7 Å². The van der Waals surface area contributed by atoms with Gasteiger partial charge in [0.25, 0.3) is 17.7 Å². The summed E-state index contributed by atoms with van der Waals surface area (Å²) < 4.78 is 13.0. The summed E-state index contributed by atoms with van der Waals surface area (Å²) in [6.07, 6.45) is 0. The van der Waals surface area contributed by atoms with E-state index in [0.717, 1.165) is 4.90 Å². The first-order chi connectivity index (χ1) is 15.7. The molecule has 4 rings (SSSR count). The van der Waals surface area contributed by atoms with E-state index in [1.807, 2.05) is 0 Å². The Bertz CT molecular complexity index is 1310. The van der Waals surface area contributed by atoms with Gasteiger partial charge in [0.1, 0.15) is 16.5 Å². The summed E-state index contributed by atoms with van der Waals surface area (Å²) in [5.41, 5.74) is 1.21. The lowest BCUT2D eigenvalue weighted by Crippen LogP contribution is -2.32. The average molecular weight is 505 g/mol. The van der Waals surface area contributed by atoms with Crippen LogP contribution in [0.15, 0.2) is 77.5 Å². The normalized spacial score (nSPS) is 13.5. The lowest BCUT2D eigenvalue weighted by Gasteiger charge is -2.16. The third kappa shape index (κ3) is 4.71. The highest BCUT2D eigenvalue weighted by molar-refractivity contribution is 6.54. The Kier molecular flexibility index (Phi) is 6.37. The number of nitrogens with zero attached hydrogens (tertiary/aromatic N) is 1. The van der Waals surface area contributed by atoms with Crippen LogP contribution >= 0.6 is 34.8 Å². The zero-order valence-corrected chi connectivity index (χ0v) is 18.8. The number of carbonyl (C=O) groups is 3. The summed E-state index contributed by atoms with van der Waals surface area (Å²) in [5, 5.41) is 5.63. The molecule has 0 aliphatic carbocycles. The minimum atomic E-state index is -0.733. The molecule has 0 spiro atoms. The van der Waals surface area contributed by atoms with Crippen LogP contribution in [-0.4, -0.2) is 17.7 Å². The third-order valence-electron chi connectivity index (χ3n) is 4.70. The molecule has 0 saturated carbocycles. The van der Waals surface area contributed by atoms with Crippen LogP contribution in [0.5, 0.6) is 0 Å². The van der Waals surface area contributed by atoms with Gasteiger partial charge >= 0.3 is 0 Å². The molecule has 0 fully saturated rings. The number of nitrogens with one attached hydrogen (secondary N) is 2. The van der Waals surface area contributed by atoms with Gasteiger partial charge in [0.05, 0.1) is 10.7 Å². The van der Waals surface area contributed by atoms with E-state index in [1.165, 1.54) is 54.6 Å². The van der Waals surface area contributed by atoms with Gasteiger partial charge in [-0.15, -0.1) is 0 Å². The summed E-state index contributed by atoms with van der Waals surface area (Å²) >= 11 is 18.2. The van der Waals surface area contributed by atoms with Crippen molar-refractivity contribution in [2.75, 3.05) is 15.5 Å². The van der Waals surface area contributed by atoms with Crippen LogP contribution in [0.2, 0.25) is 10.0 Å². The fraction of sp³-hybridized carbons (Fsp3) is 0. The van der Waals surface area contributed by atoms with Crippen molar-refractivity contribution >= 4 is 69.6 Å². The predicted molar refractivity (Wildman–Crippen MR) is 126 cm³/mol. The first-order valence-corrected chi connectivity index (χ1v) is 10.6. The number of halogens is 4. The maximum absolute atomic E-state index is 13.0. The van der Waals surface area contributed by atoms with Crippen molar-refractivity contribution in [1.29, 1.82) is 0 Å². The number of amides is 3. The monoisotopic (exact) mass is 503 g/mol. The first kappa shape index (κ1) is 22.8. The van der Waals surface area contributed by atoms with Gasteiger partial charge in [0.2, 0.25) is 0 Å². The fourth-order valence-electron chi connectivity index (χ4n) is 3.08. The second kappa shape index (κ2) is 9.23. The van der Waals surface area contributed by atoms with Crippen molar-refractivity contribution in [3.8, 4) is 0 Å². The van der Waals surface area contributed by atoms with Gasteiger partial charge in [0.15, 0.2) is 0 Å². The molecule has 1 aliphatic heterocycles. The third-order valence-corrected chi connectivity index (χ3v) is 5.58. The van der Waals surface area contributed by atoms with Crippen molar-refractivity contribution in [3.63, 3.8) is 0 Å². The Labute approximate surface area is 202 Å². The van der Waals surface area contributed by atoms with E-state index in [1.54, 1.807) is 12.1 Å². The molecule has 3 aromatic rings. The molecule has 0 saturated heterocycles. The number of hydrogen-bond acceptors (Lipinski definition) is 4. The van der Waals surface area contributed by atoms with Gasteiger partial charge in [-0.25, -0.2) is 9.29 Å². The largest absolute Gasteiger partial charge is 0.350 e. The van der Waals surface area contributed by atoms with Crippen molar-refractivity contribution in [1.82, 2.24) is 0 Å². The molecule has 0 atom stereocenters. The maximum Gasteiger partial charge on any atom is 0.283 e. The number of hydrogen-bond donors (Lipinski definition) is 2. The minimum Gasteiger partial charge on any atom is -0.350 e. The summed E-state index contributed by atoms with van der Waals surface area (Å²) in [5.74, 6) is -2.23. The van der Waals surface area contributed by atoms with Crippen molar-refractivity contribution in [3.05, 3.63) is 98.9 Å². The standard InChI is InChI=1S/C23H13Cl3FN3O3/c24-13-3-10-18(17(25)11-13)30-22(32)19(26)20(23(30)33)28-15-6-1-12(2-7-15)21(31)29-16-8-4-14(27)5-9-16/h1-11,28H,(H,29,31).